The number of halogens is 14. The fourth-order valence-electron chi connectivity index (χ4n) is 4.09. The highest BCUT2D eigenvalue weighted by Gasteiger charge is 2.42. The fraction of sp³-hybridized carbons (Fsp3) is 0.250. The molecule has 3 aromatic rings. The number of nitrogens with one attached hydrogen (secondary N) is 3. The Labute approximate surface area is 287 Å². The summed E-state index contributed by atoms with van der Waals surface area (Å²) in [5, 5.41) is 5.43. The highest BCUT2D eigenvalue weighted by molar-refractivity contribution is 8.00. The number of amides is 3. The van der Waals surface area contributed by atoms with Crippen molar-refractivity contribution in [3.8, 4) is 0 Å². The number of carbonyl (C=O) groups excluding carboxylic acids is 3. The summed E-state index contributed by atoms with van der Waals surface area (Å²) in [5.74, 6) is -10.3. The van der Waals surface area contributed by atoms with Crippen LogP contribution in [0.2, 0.25) is 5.02 Å². The number of hydrogen-bond acceptors (Lipinski definition) is 4. The van der Waals surface area contributed by atoms with Crippen LogP contribution in [0, 0.1) is 11.6 Å². The first kappa shape index (κ1) is 40.0. The molecular formula is C28H17Cl3F11N3O3S. The van der Waals surface area contributed by atoms with Crippen molar-refractivity contribution in [1.29, 1.82) is 0 Å². The van der Waals surface area contributed by atoms with Crippen LogP contribution in [0.4, 0.5) is 65.4 Å². The van der Waals surface area contributed by atoms with Crippen molar-refractivity contribution in [2.24, 2.45) is 0 Å². The molecule has 21 heteroatoms. The zero-order chi connectivity index (χ0) is 37.3. The third-order valence-electron chi connectivity index (χ3n) is 6.16. The SMILES string of the molecule is CC(Cl)(Cl)C(C(=O)Nc1ccc(Cl)c(C(=O)Nc2ccc(F)c(NC(=O)CSC(F)(F)F)c2F)c1)c1cc(C(F)(F)F)cc(C(F)(F)F)c1. The van der Waals surface area contributed by atoms with Gasteiger partial charge >= 0.3 is 17.9 Å². The molecule has 6 nitrogen and oxygen atoms in total. The Balaban J connectivity index is 1.92. The molecule has 0 saturated heterocycles. The number of hydrogen-bond donors (Lipinski definition) is 3. The van der Waals surface area contributed by atoms with Gasteiger partial charge in [-0.3, -0.25) is 14.4 Å². The summed E-state index contributed by atoms with van der Waals surface area (Å²) < 4.78 is 145. The highest BCUT2D eigenvalue weighted by Crippen LogP contribution is 2.43. The maximum Gasteiger partial charge on any atom is 0.442 e. The van der Waals surface area contributed by atoms with Crippen molar-refractivity contribution in [2.45, 2.75) is 35.0 Å². The van der Waals surface area contributed by atoms with E-state index in [0.29, 0.717) is 12.1 Å². The van der Waals surface area contributed by atoms with Crippen LogP contribution in [-0.4, -0.2) is 33.3 Å². The van der Waals surface area contributed by atoms with Gasteiger partial charge < -0.3 is 16.0 Å². The Morgan fingerprint density at radius 2 is 1.37 bits per heavy atom. The predicted molar refractivity (Wildman–Crippen MR) is 161 cm³/mol. The maximum atomic E-state index is 15.0. The van der Waals surface area contributed by atoms with Gasteiger partial charge in [-0.15, -0.1) is 23.2 Å². The smallest absolute Gasteiger partial charge is 0.325 e. The molecule has 0 aliphatic rings. The van der Waals surface area contributed by atoms with E-state index in [9.17, 15) is 58.3 Å². The van der Waals surface area contributed by atoms with E-state index >= 15 is 4.39 Å². The molecule has 0 fully saturated rings. The molecule has 1 unspecified atom stereocenters. The van der Waals surface area contributed by atoms with E-state index in [0.717, 1.165) is 25.1 Å². The molecular weight excluding hydrogens is 774 g/mol. The van der Waals surface area contributed by atoms with Crippen LogP contribution in [0.15, 0.2) is 48.5 Å². The minimum absolute atomic E-state index is 0.170. The van der Waals surface area contributed by atoms with E-state index < -0.39 is 109 Å². The Bertz CT molecular complexity index is 1730. The van der Waals surface area contributed by atoms with Crippen molar-refractivity contribution in [3.05, 3.63) is 87.4 Å². The second kappa shape index (κ2) is 14.8. The van der Waals surface area contributed by atoms with Gasteiger partial charge in [-0.2, -0.15) is 39.5 Å². The summed E-state index contributed by atoms with van der Waals surface area (Å²) in [6, 6.07) is 4.54. The van der Waals surface area contributed by atoms with Gasteiger partial charge in [0.15, 0.2) is 5.82 Å². The quantitative estimate of drug-likeness (QED) is 0.149. The van der Waals surface area contributed by atoms with Crippen LogP contribution in [0.3, 0.4) is 0 Å². The van der Waals surface area contributed by atoms with E-state index in [1.54, 1.807) is 5.32 Å². The first-order valence-electron chi connectivity index (χ1n) is 12.9. The van der Waals surface area contributed by atoms with Gasteiger partial charge in [0.2, 0.25) is 11.8 Å². The minimum Gasteiger partial charge on any atom is -0.325 e. The van der Waals surface area contributed by atoms with E-state index in [1.807, 2.05) is 5.32 Å². The van der Waals surface area contributed by atoms with Crippen molar-refractivity contribution >= 4 is 81.3 Å². The van der Waals surface area contributed by atoms with E-state index in [4.69, 9.17) is 34.8 Å². The lowest BCUT2D eigenvalue weighted by molar-refractivity contribution is -0.143. The molecule has 3 N–H and O–H groups in total. The molecule has 0 spiro atoms. The van der Waals surface area contributed by atoms with Crippen LogP contribution in [0.25, 0.3) is 0 Å². The summed E-state index contributed by atoms with van der Waals surface area (Å²) in [6.07, 6.45) is -10.5. The predicted octanol–water partition coefficient (Wildman–Crippen LogP) is 10.0. The lowest BCUT2D eigenvalue weighted by Gasteiger charge is -2.27. The van der Waals surface area contributed by atoms with E-state index in [-0.39, 0.29) is 28.9 Å². The summed E-state index contributed by atoms with van der Waals surface area (Å²) in [7, 11) is 0. The Hall–Kier alpha value is -3.48. The first-order chi connectivity index (χ1) is 22.3. The van der Waals surface area contributed by atoms with E-state index in [1.165, 1.54) is 0 Å². The molecule has 3 rings (SSSR count). The number of alkyl halides is 11. The number of carbonyl (C=O) groups is 3. The Morgan fingerprint density at radius 1 is 0.796 bits per heavy atom. The van der Waals surface area contributed by atoms with Crippen molar-refractivity contribution in [2.75, 3.05) is 21.7 Å². The van der Waals surface area contributed by atoms with Gasteiger partial charge in [0.25, 0.3) is 5.91 Å². The van der Waals surface area contributed by atoms with Crippen LogP contribution < -0.4 is 16.0 Å². The lowest BCUT2D eigenvalue weighted by atomic mass is 9.91. The molecule has 1 atom stereocenters. The molecule has 3 aromatic carbocycles. The number of benzene rings is 3. The zero-order valence-corrected chi connectivity index (χ0v) is 26.9. The third-order valence-corrected chi connectivity index (χ3v) is 7.66. The summed E-state index contributed by atoms with van der Waals surface area (Å²) in [6.45, 7) is 0.928. The van der Waals surface area contributed by atoms with Crippen LogP contribution in [0.1, 0.15) is 39.9 Å². The van der Waals surface area contributed by atoms with Crippen molar-refractivity contribution in [3.63, 3.8) is 0 Å². The van der Waals surface area contributed by atoms with Crippen molar-refractivity contribution in [1.82, 2.24) is 0 Å². The molecule has 49 heavy (non-hydrogen) atoms. The van der Waals surface area contributed by atoms with E-state index in [2.05, 4.69) is 5.32 Å². The number of rotatable bonds is 9. The Kier molecular flexibility index (Phi) is 12.1. The normalized spacial score (nSPS) is 13.1. The summed E-state index contributed by atoms with van der Waals surface area (Å²) in [4.78, 5) is 38.1. The van der Waals surface area contributed by atoms with Crippen LogP contribution in [-0.2, 0) is 21.9 Å². The average Bonchev–Trinajstić information content (AvgIpc) is 2.94. The largest absolute Gasteiger partial charge is 0.442 e. The molecule has 266 valence electrons. The molecule has 0 heterocycles. The Morgan fingerprint density at radius 3 is 1.88 bits per heavy atom. The van der Waals surface area contributed by atoms with Crippen LogP contribution >= 0.6 is 46.6 Å². The van der Waals surface area contributed by atoms with Gasteiger partial charge in [0, 0.05) is 5.69 Å². The van der Waals surface area contributed by atoms with Gasteiger partial charge in [0.05, 0.1) is 39.1 Å². The molecule has 0 bridgehead atoms. The molecule has 0 radical (unpaired) electrons. The minimum atomic E-state index is -5.27. The molecule has 0 saturated carbocycles. The first-order valence-corrected chi connectivity index (χ1v) is 15.0. The summed E-state index contributed by atoms with van der Waals surface area (Å²) in [5.41, 5.74) is -12.0. The zero-order valence-electron chi connectivity index (χ0n) is 23.8. The monoisotopic (exact) mass is 789 g/mol. The van der Waals surface area contributed by atoms with Crippen LogP contribution in [0.5, 0.6) is 0 Å². The molecule has 0 aromatic heterocycles. The molecule has 0 aliphatic carbocycles. The van der Waals surface area contributed by atoms with Gasteiger partial charge in [-0.25, -0.2) is 8.78 Å². The topological polar surface area (TPSA) is 87.3 Å². The van der Waals surface area contributed by atoms with Gasteiger partial charge in [-0.05, 0) is 72.8 Å². The number of thioether (sulfide) groups is 1. The standard InChI is InChI=1S/C28H17Cl3F11N3O3S/c1-25(30,31)20(11-6-12(26(34,35)36)8-13(7-11)27(37,38)39)24(48)43-14-2-3-16(29)15(9-14)23(47)44-18-5-4-17(32)22(21(18)33)45-19(46)10-49-28(40,41)42/h2-9,20H,10H2,1H3,(H,43,48)(H,44,47)(H,45,46). The second-order valence-corrected chi connectivity index (χ2v) is 13.1. The highest BCUT2D eigenvalue weighted by atomic mass is 35.5. The second-order valence-electron chi connectivity index (χ2n) is 9.93. The van der Waals surface area contributed by atoms with Gasteiger partial charge in [0.1, 0.15) is 15.8 Å². The third kappa shape index (κ3) is 10.8. The molecule has 3 amide bonds. The summed E-state index contributed by atoms with van der Waals surface area (Å²) >= 11 is 17.4. The average molecular weight is 791 g/mol. The number of anilines is 3. The fourth-order valence-corrected chi connectivity index (χ4v) is 5.11. The maximum absolute atomic E-state index is 15.0. The molecule has 0 aliphatic heterocycles. The lowest BCUT2D eigenvalue weighted by Crippen LogP contribution is -2.33. The van der Waals surface area contributed by atoms with Gasteiger partial charge in [-0.1, -0.05) is 11.6 Å². The van der Waals surface area contributed by atoms with Crippen molar-refractivity contribution < 1.29 is 62.7 Å².